The largest absolute Gasteiger partial charge is 0.339 e. The molecule has 1 aromatic carbocycles. The first-order chi connectivity index (χ1) is 16.2. The van der Waals surface area contributed by atoms with Gasteiger partial charge in [0.25, 0.3) is 5.91 Å². The maximum atomic E-state index is 13.1. The highest BCUT2D eigenvalue weighted by Gasteiger charge is 2.30. The van der Waals surface area contributed by atoms with Crippen LogP contribution in [0.25, 0.3) is 0 Å². The molecule has 4 rings (SSSR count). The summed E-state index contributed by atoms with van der Waals surface area (Å²) in [4.78, 5) is 42.9. The van der Waals surface area contributed by atoms with E-state index in [0.29, 0.717) is 25.7 Å². The molecule has 0 spiro atoms. The smallest absolute Gasteiger partial charge is 0.253 e. The van der Waals surface area contributed by atoms with Gasteiger partial charge in [-0.05, 0) is 44.0 Å². The Morgan fingerprint density at radius 1 is 0.909 bits per heavy atom. The Balaban J connectivity index is 1.27. The van der Waals surface area contributed by atoms with Crippen molar-refractivity contribution in [2.24, 2.45) is 0 Å². The van der Waals surface area contributed by atoms with Crippen LogP contribution in [0.15, 0.2) is 48.8 Å². The van der Waals surface area contributed by atoms with Gasteiger partial charge < -0.3 is 14.7 Å². The van der Waals surface area contributed by atoms with Crippen molar-refractivity contribution < 1.29 is 9.59 Å². The molecule has 33 heavy (non-hydrogen) atoms. The molecule has 2 aliphatic rings. The van der Waals surface area contributed by atoms with Crippen LogP contribution in [0, 0.1) is 0 Å². The molecule has 3 heterocycles. The van der Waals surface area contributed by atoms with Crippen LogP contribution < -0.4 is 4.90 Å². The predicted molar refractivity (Wildman–Crippen MR) is 128 cm³/mol. The number of piperazine rings is 1. The molecule has 2 aliphatic heterocycles. The molecular formula is C25H34N6O2. The van der Waals surface area contributed by atoms with E-state index >= 15 is 0 Å². The summed E-state index contributed by atoms with van der Waals surface area (Å²) in [5, 5.41) is 0. The van der Waals surface area contributed by atoms with Gasteiger partial charge >= 0.3 is 0 Å². The van der Waals surface area contributed by atoms with Gasteiger partial charge in [0.15, 0.2) is 0 Å². The Bertz CT molecular complexity index is 894. The molecule has 0 radical (unpaired) electrons. The number of amides is 2. The van der Waals surface area contributed by atoms with E-state index in [2.05, 4.69) is 26.7 Å². The Morgan fingerprint density at radius 3 is 2.21 bits per heavy atom. The second-order valence-electron chi connectivity index (χ2n) is 8.78. The minimum Gasteiger partial charge on any atom is -0.339 e. The number of carbonyl (C=O) groups excluding carboxylic acids is 2. The number of likely N-dealkylation sites (tertiary alicyclic amines) is 1. The van der Waals surface area contributed by atoms with E-state index < -0.39 is 0 Å². The number of aromatic nitrogens is 2. The second kappa shape index (κ2) is 11.2. The quantitative estimate of drug-likeness (QED) is 0.644. The number of hydrogen-bond acceptors (Lipinski definition) is 6. The van der Waals surface area contributed by atoms with Crippen molar-refractivity contribution in [2.75, 3.05) is 57.3 Å². The van der Waals surface area contributed by atoms with Crippen molar-refractivity contribution in [3.8, 4) is 0 Å². The zero-order valence-electron chi connectivity index (χ0n) is 19.5. The van der Waals surface area contributed by atoms with Gasteiger partial charge in [-0.15, -0.1) is 0 Å². The first-order valence-electron chi connectivity index (χ1n) is 12.0. The second-order valence-corrected chi connectivity index (χ2v) is 8.78. The van der Waals surface area contributed by atoms with Crippen molar-refractivity contribution >= 4 is 17.8 Å². The van der Waals surface area contributed by atoms with E-state index in [1.165, 1.54) is 0 Å². The fourth-order valence-electron chi connectivity index (χ4n) is 4.76. The van der Waals surface area contributed by atoms with Crippen LogP contribution in [0.3, 0.4) is 0 Å². The van der Waals surface area contributed by atoms with Crippen molar-refractivity contribution in [3.05, 3.63) is 54.4 Å². The van der Waals surface area contributed by atoms with Crippen molar-refractivity contribution in [3.63, 3.8) is 0 Å². The molecule has 8 nitrogen and oxygen atoms in total. The zero-order chi connectivity index (χ0) is 23.0. The third-order valence-corrected chi connectivity index (χ3v) is 6.61. The van der Waals surface area contributed by atoms with Crippen LogP contribution in [-0.2, 0) is 4.79 Å². The monoisotopic (exact) mass is 450 g/mol. The van der Waals surface area contributed by atoms with E-state index in [-0.39, 0.29) is 11.8 Å². The molecule has 176 valence electrons. The van der Waals surface area contributed by atoms with E-state index in [4.69, 9.17) is 0 Å². The van der Waals surface area contributed by atoms with E-state index in [1.807, 2.05) is 46.2 Å². The van der Waals surface area contributed by atoms with Gasteiger partial charge in [-0.3, -0.25) is 14.5 Å². The summed E-state index contributed by atoms with van der Waals surface area (Å²) in [7, 11) is 0. The molecule has 0 aliphatic carbocycles. The molecule has 2 aromatic rings. The lowest BCUT2D eigenvalue weighted by Crippen LogP contribution is -2.54. The molecule has 2 amide bonds. The Labute approximate surface area is 196 Å². The highest BCUT2D eigenvalue weighted by molar-refractivity contribution is 5.94. The standard InChI is InChI=1S/C25H34N6O2/c1-2-13-31(22-9-14-29(15-10-22)24(33)21-7-4-3-5-8-21)20-23(32)28-16-18-30(19-17-28)25-26-11-6-12-27-25/h3-8,11-12,22H,2,9-10,13-20H2,1H3. The molecule has 1 aromatic heterocycles. The summed E-state index contributed by atoms with van der Waals surface area (Å²) < 4.78 is 0. The number of carbonyl (C=O) groups is 2. The maximum Gasteiger partial charge on any atom is 0.253 e. The average Bonchev–Trinajstić information content (AvgIpc) is 2.89. The van der Waals surface area contributed by atoms with Crippen LogP contribution in [0.5, 0.6) is 0 Å². The first kappa shape index (κ1) is 23.2. The van der Waals surface area contributed by atoms with Gasteiger partial charge in [0.1, 0.15) is 0 Å². The lowest BCUT2D eigenvalue weighted by atomic mass is 10.0. The summed E-state index contributed by atoms with van der Waals surface area (Å²) in [5.41, 5.74) is 0.747. The van der Waals surface area contributed by atoms with Crippen LogP contribution >= 0.6 is 0 Å². The Kier molecular flexibility index (Phi) is 7.88. The van der Waals surface area contributed by atoms with Gasteiger partial charge in [-0.1, -0.05) is 25.1 Å². The highest BCUT2D eigenvalue weighted by atomic mass is 16.2. The summed E-state index contributed by atoms with van der Waals surface area (Å²) >= 11 is 0. The molecule has 0 atom stereocenters. The van der Waals surface area contributed by atoms with E-state index in [9.17, 15) is 9.59 Å². The third-order valence-electron chi connectivity index (χ3n) is 6.61. The van der Waals surface area contributed by atoms with Crippen LogP contribution in [-0.4, -0.2) is 94.9 Å². The molecule has 0 saturated carbocycles. The van der Waals surface area contributed by atoms with Gasteiger partial charge in [0.05, 0.1) is 6.54 Å². The molecule has 0 unspecified atom stereocenters. The fourth-order valence-corrected chi connectivity index (χ4v) is 4.76. The third kappa shape index (κ3) is 5.87. The fraction of sp³-hybridized carbons (Fsp3) is 0.520. The van der Waals surface area contributed by atoms with Gasteiger partial charge in [0, 0.05) is 63.3 Å². The lowest BCUT2D eigenvalue weighted by Gasteiger charge is -2.40. The molecule has 2 fully saturated rings. The SMILES string of the molecule is CCCN(CC(=O)N1CCN(c2ncccn2)CC1)C1CCN(C(=O)c2ccccc2)CC1. The predicted octanol–water partition coefficient (Wildman–Crippen LogP) is 2.14. The van der Waals surface area contributed by atoms with Crippen LogP contribution in [0.4, 0.5) is 5.95 Å². The summed E-state index contributed by atoms with van der Waals surface area (Å²) in [6.07, 6.45) is 6.33. The summed E-state index contributed by atoms with van der Waals surface area (Å²) in [6, 6.07) is 11.6. The number of hydrogen-bond donors (Lipinski definition) is 0. The van der Waals surface area contributed by atoms with Crippen LogP contribution in [0.2, 0.25) is 0 Å². The topological polar surface area (TPSA) is 72.9 Å². The number of piperidine rings is 1. The molecule has 2 saturated heterocycles. The summed E-state index contributed by atoms with van der Waals surface area (Å²) in [6.45, 7) is 7.89. The summed E-state index contributed by atoms with van der Waals surface area (Å²) in [5.74, 6) is 1.03. The van der Waals surface area contributed by atoms with Crippen molar-refractivity contribution in [2.45, 2.75) is 32.2 Å². The first-order valence-corrected chi connectivity index (χ1v) is 12.0. The average molecular weight is 451 g/mol. The van der Waals surface area contributed by atoms with Crippen molar-refractivity contribution in [1.82, 2.24) is 24.7 Å². The molecular weight excluding hydrogens is 416 g/mol. The van der Waals surface area contributed by atoms with E-state index in [0.717, 1.165) is 63.5 Å². The minimum absolute atomic E-state index is 0.104. The lowest BCUT2D eigenvalue weighted by molar-refractivity contribution is -0.133. The van der Waals surface area contributed by atoms with Crippen LogP contribution in [0.1, 0.15) is 36.5 Å². The van der Waals surface area contributed by atoms with E-state index in [1.54, 1.807) is 12.4 Å². The van der Waals surface area contributed by atoms with Gasteiger partial charge in [-0.2, -0.15) is 0 Å². The molecule has 0 bridgehead atoms. The molecule has 8 heteroatoms. The Morgan fingerprint density at radius 2 is 1.58 bits per heavy atom. The number of rotatable bonds is 7. The molecule has 0 N–H and O–H groups in total. The minimum atomic E-state index is 0.104. The van der Waals surface area contributed by atoms with Crippen molar-refractivity contribution in [1.29, 1.82) is 0 Å². The number of benzene rings is 1. The van der Waals surface area contributed by atoms with Gasteiger partial charge in [0.2, 0.25) is 11.9 Å². The maximum absolute atomic E-state index is 13.1. The number of anilines is 1. The number of nitrogens with zero attached hydrogens (tertiary/aromatic N) is 6. The normalized spacial score (nSPS) is 17.5. The zero-order valence-corrected chi connectivity index (χ0v) is 19.5. The van der Waals surface area contributed by atoms with Gasteiger partial charge in [-0.25, -0.2) is 9.97 Å². The Hall–Kier alpha value is -3.00. The highest BCUT2D eigenvalue weighted by Crippen LogP contribution is 2.20.